The maximum Gasteiger partial charge on any atom is 0.226 e. The molecule has 0 bridgehead atoms. The molecular weight excluding hydrogens is 1850 g/mol. The third kappa shape index (κ3) is 25.8. The largest absolute Gasteiger partial charge is 0.385 e. The molecule has 0 fully saturated rings. The quantitative estimate of drug-likeness (QED) is 0.0170. The Labute approximate surface area is 825 Å². The van der Waals surface area contributed by atoms with Crippen molar-refractivity contribution in [2.75, 3.05) is 132 Å². The molecule has 0 aliphatic carbocycles. The number of fused-ring (bicyclic) bond motifs is 8. The number of carbonyl (C=O) groups excluding carboxylic acids is 4. The lowest BCUT2D eigenvalue weighted by Crippen LogP contribution is -2.35. The number of methoxy groups -OCH3 is 1. The number of benzene rings is 6. The first-order chi connectivity index (χ1) is 65.1. The van der Waals surface area contributed by atoms with Crippen molar-refractivity contribution in [3.05, 3.63) is 204 Å². The van der Waals surface area contributed by atoms with Crippen LogP contribution in [0.5, 0.6) is 0 Å². The highest BCUT2D eigenvalue weighted by molar-refractivity contribution is 7.25. The van der Waals surface area contributed by atoms with Crippen LogP contribution in [0.15, 0.2) is 152 Å². The van der Waals surface area contributed by atoms with E-state index in [1.807, 2.05) is 84.9 Å². The highest BCUT2D eigenvalue weighted by Crippen LogP contribution is 2.51. The Morgan fingerprint density at radius 1 is 0.381 bits per heavy atom. The van der Waals surface area contributed by atoms with E-state index >= 15 is 0 Å². The van der Waals surface area contributed by atoms with Crippen molar-refractivity contribution in [2.24, 2.45) is 0 Å². The minimum Gasteiger partial charge on any atom is -0.385 e. The smallest absolute Gasteiger partial charge is 0.226 e. The number of thiophene rings is 4. The summed E-state index contributed by atoms with van der Waals surface area (Å²) in [6.45, 7) is 39.0. The summed E-state index contributed by atoms with van der Waals surface area (Å²) in [5, 5.41) is 34.9. The van der Waals surface area contributed by atoms with Crippen molar-refractivity contribution >= 4 is 192 Å². The molecule has 4 aliphatic rings. The van der Waals surface area contributed by atoms with Gasteiger partial charge >= 0.3 is 0 Å². The first-order valence-corrected chi connectivity index (χ1v) is 54.1. The number of carbonyl (C=O) groups is 4. The Bertz CT molecular complexity index is 6130. The van der Waals surface area contributed by atoms with Crippen LogP contribution in [-0.4, -0.2) is 198 Å². The summed E-state index contributed by atoms with van der Waals surface area (Å²) in [5.74, 6) is 0.158. The van der Waals surface area contributed by atoms with Crippen LogP contribution in [0.4, 0.5) is 25.7 Å². The summed E-state index contributed by atoms with van der Waals surface area (Å²) in [6.07, 6.45) is 6.53. The molecule has 12 heterocycles. The number of para-hydroxylation sites is 5. The summed E-state index contributed by atoms with van der Waals surface area (Å²) < 4.78 is 9.75. The molecule has 4 aliphatic heterocycles. The van der Waals surface area contributed by atoms with Crippen molar-refractivity contribution in [2.45, 2.75) is 177 Å². The number of thiazole rings is 4. The molecule has 8 aromatic heterocycles. The maximum absolute atomic E-state index is 12.9. The van der Waals surface area contributed by atoms with Gasteiger partial charge in [-0.15, -0.1) is 90.7 Å². The second-order valence-electron chi connectivity index (χ2n) is 35.1. The third-order valence-electron chi connectivity index (χ3n) is 24.9. The number of nitrogens with zero attached hydrogens (tertiary/aromatic N) is 9. The van der Waals surface area contributed by atoms with Crippen molar-refractivity contribution in [3.63, 3.8) is 0 Å². The fourth-order valence-electron chi connectivity index (χ4n) is 17.1. The number of rotatable bonds is 36. The molecule has 0 saturated carbocycles. The molecule has 22 nitrogen and oxygen atoms in total. The number of hydrogen-bond donors (Lipinski definition) is 8. The summed E-state index contributed by atoms with van der Waals surface area (Å²) >= 11 is 20.0. The SMILES string of the molecule is CC(C)N1CCc2c(sc(NC(=O)CCNCCc3ccccc3Cl)c2-c2nc3ccccc3s2)C1.CC(C)N1CCc2c(sc(NC(=O)CCNc3ccccc3)c2-c2nc3ccccc3s2)C1.CCN(CC)CCNCCC(=O)Nc1sc2c(c1-c1nc3ccccc3s1)CCN(C(C)C)C2.COCCNCCC(=O)Nc1sc2c(c1-c1nc3ccccc3s1)CCN(C(C)C)C2. The molecular formula is C103H126ClN17O5S8. The number of amides is 4. The molecule has 4 amide bonds. The highest BCUT2D eigenvalue weighted by atomic mass is 35.5. The Hall–Kier alpha value is -8.71. The average Bonchev–Trinajstić information content (AvgIpc) is 1.63. The number of aromatic nitrogens is 4. The molecule has 0 unspecified atom stereocenters. The lowest BCUT2D eigenvalue weighted by Gasteiger charge is -2.30. The molecule has 6 aromatic carbocycles. The first-order valence-electron chi connectivity index (χ1n) is 47.2. The second-order valence-corrected chi connectivity index (χ2v) is 44.1. The highest BCUT2D eigenvalue weighted by Gasteiger charge is 2.34. The number of likely N-dealkylation sites (N-methyl/N-ethyl adjacent to an activating group) is 1. The lowest BCUT2D eigenvalue weighted by molar-refractivity contribution is -0.116. The van der Waals surface area contributed by atoms with Gasteiger partial charge in [-0.3, -0.25) is 38.8 Å². The third-order valence-corrected chi connectivity index (χ3v) is 34.0. The Morgan fingerprint density at radius 2 is 0.687 bits per heavy atom. The summed E-state index contributed by atoms with van der Waals surface area (Å²) in [4.78, 5) is 88.9. The molecule has 31 heteroatoms. The number of hydrogen-bond acceptors (Lipinski definition) is 26. The average molecular weight is 1970 g/mol. The van der Waals surface area contributed by atoms with Crippen LogP contribution in [-0.2, 0) is 82.2 Å². The van der Waals surface area contributed by atoms with Crippen LogP contribution in [0.25, 0.3) is 83.2 Å². The van der Waals surface area contributed by atoms with Gasteiger partial charge in [-0.1, -0.05) is 110 Å². The van der Waals surface area contributed by atoms with E-state index < -0.39 is 0 Å². The number of halogens is 1. The Balaban J connectivity index is 0.000000136. The predicted octanol–water partition coefficient (Wildman–Crippen LogP) is 22.2. The fourth-order valence-corrected chi connectivity index (χ4v) is 26.9. The van der Waals surface area contributed by atoms with E-state index in [4.69, 9.17) is 36.3 Å². The van der Waals surface area contributed by atoms with Crippen LogP contribution in [0.1, 0.15) is 142 Å². The standard InChI is InChI=1S/C28H31ClN4OS2.C26H37N5OS2.C26H28N4OS2.C23H30N4O2S2/c1-18(2)33-16-13-20-24(17-33)36-28(26(20)27-31-22-9-5-6-10-23(22)35-27)32-25(34)12-15-30-14-11-19-7-3-4-8-21(19)29;1-5-30(6-2)16-14-27-13-11-23(32)29-26-24(25-28-20-9-7-8-10-21(20)33-25)19-12-15-31(18(3)4)17-22(19)34-26;1-17(2)30-15-13-19-22(16-30)33-26(24(19)25-28-20-10-6-7-11-21(20)32-25)29-23(31)12-14-27-18-8-4-3-5-9-18;1-15(2)27-12-9-16-19(14-27)31-23(26-20(28)8-10-24-11-13-29-3)21(16)22-25-17-6-4-5-7-18(17)30-22/h3-10,18,30H,11-17H2,1-2H3,(H,32,34);7-10,18,27H,5-6,11-17H2,1-4H3,(H,29,32);3-11,17,27H,12-16H2,1-2H3,(H,29,31);4-7,15,24H,8-14H2,1-3H3,(H,26,28). The van der Waals surface area contributed by atoms with Crippen LogP contribution in [0.3, 0.4) is 0 Å². The van der Waals surface area contributed by atoms with Crippen LogP contribution in [0.2, 0.25) is 5.02 Å². The molecule has 708 valence electrons. The Kier molecular flexibility index (Phi) is 36.1. The van der Waals surface area contributed by atoms with Crippen molar-refractivity contribution < 1.29 is 23.9 Å². The monoisotopic (exact) mass is 1970 g/mol. The molecule has 14 aromatic rings. The molecule has 8 N–H and O–H groups in total. The van der Waals surface area contributed by atoms with E-state index in [1.54, 1.807) is 97.8 Å². The number of anilines is 5. The van der Waals surface area contributed by atoms with E-state index in [-0.39, 0.29) is 23.6 Å². The van der Waals surface area contributed by atoms with E-state index in [2.05, 4.69) is 203 Å². The van der Waals surface area contributed by atoms with Crippen LogP contribution in [0, 0.1) is 0 Å². The van der Waals surface area contributed by atoms with Gasteiger partial charge in [-0.05, 0) is 202 Å². The van der Waals surface area contributed by atoms with Gasteiger partial charge in [-0.25, -0.2) is 19.9 Å². The van der Waals surface area contributed by atoms with Crippen LogP contribution < -0.4 is 42.5 Å². The predicted molar refractivity (Wildman–Crippen MR) is 570 cm³/mol. The summed E-state index contributed by atoms with van der Waals surface area (Å²) in [7, 11) is 1.68. The number of nitrogens with one attached hydrogen (secondary N) is 8. The lowest BCUT2D eigenvalue weighted by atomic mass is 10.0. The van der Waals surface area contributed by atoms with Gasteiger partial charge in [0.15, 0.2) is 0 Å². The molecule has 0 atom stereocenters. The van der Waals surface area contributed by atoms with E-state index in [9.17, 15) is 19.2 Å². The zero-order valence-electron chi connectivity index (χ0n) is 78.8. The van der Waals surface area contributed by atoms with Crippen molar-refractivity contribution in [1.82, 2.24) is 60.4 Å². The molecule has 18 rings (SSSR count). The van der Waals surface area contributed by atoms with Gasteiger partial charge in [0.2, 0.25) is 23.6 Å². The molecule has 0 spiro atoms. The topological polar surface area (TPSA) is 242 Å². The maximum atomic E-state index is 12.9. The number of ether oxygens (including phenoxy) is 1. The molecule has 0 saturated heterocycles. The van der Waals surface area contributed by atoms with Gasteiger partial charge in [0, 0.05) is 208 Å². The fraction of sp³-hybridized carbons (Fsp3) is 0.417. The van der Waals surface area contributed by atoms with E-state index in [0.717, 1.165) is 224 Å². The van der Waals surface area contributed by atoms with Gasteiger partial charge in [0.1, 0.15) is 40.0 Å². The van der Waals surface area contributed by atoms with E-state index in [1.165, 1.54) is 60.6 Å². The first kappa shape index (κ1) is 99.8. The van der Waals surface area contributed by atoms with Crippen LogP contribution >= 0.6 is 102 Å². The van der Waals surface area contributed by atoms with E-state index in [0.29, 0.717) is 82.6 Å². The minimum absolute atomic E-state index is 0.0279. The zero-order chi connectivity index (χ0) is 93.7. The summed E-state index contributed by atoms with van der Waals surface area (Å²) in [6, 6.07) is 52.9. The van der Waals surface area contributed by atoms with Gasteiger partial charge in [0.25, 0.3) is 0 Å². The minimum atomic E-state index is 0.0279. The second kappa shape index (κ2) is 48.5. The van der Waals surface area contributed by atoms with Crippen molar-refractivity contribution in [3.8, 4) is 42.3 Å². The molecule has 134 heavy (non-hydrogen) atoms. The summed E-state index contributed by atoms with van der Waals surface area (Å²) in [5.41, 5.74) is 16.2. The van der Waals surface area contributed by atoms with Gasteiger partial charge in [-0.2, -0.15) is 0 Å². The zero-order valence-corrected chi connectivity index (χ0v) is 86.0. The van der Waals surface area contributed by atoms with Gasteiger partial charge < -0.3 is 52.2 Å². The normalized spacial score (nSPS) is 14.1. The van der Waals surface area contributed by atoms with Crippen molar-refractivity contribution in [1.29, 1.82) is 0 Å². The molecule has 0 radical (unpaired) electrons. The Morgan fingerprint density at radius 3 is 1.01 bits per heavy atom. The van der Waals surface area contributed by atoms with Gasteiger partial charge in [0.05, 0.1) is 47.5 Å².